The molecule has 15 heavy (non-hydrogen) atoms. The molecule has 0 aromatic carbocycles. The molecular weight excluding hydrogens is 202 g/mol. The molecule has 0 saturated carbocycles. The summed E-state index contributed by atoms with van der Waals surface area (Å²) in [4.78, 5) is 14.7. The maximum atomic E-state index is 11.0. The zero-order valence-electron chi connectivity index (χ0n) is 8.42. The second-order valence-electron chi connectivity index (χ2n) is 2.66. The average molecular weight is 215 g/mol. The van der Waals surface area contributed by atoms with Gasteiger partial charge in [-0.25, -0.2) is 14.5 Å². The molecule has 1 N–H and O–H groups in total. The standard InChI is InChI=1S/C8H13N3O4/c1-14-8(13)7-9-6-11(10-7)2-4-15-5-3-12/h6,12H,2-5H2,1H3. The fourth-order valence-corrected chi connectivity index (χ4v) is 0.912. The minimum Gasteiger partial charge on any atom is -0.463 e. The van der Waals surface area contributed by atoms with E-state index in [9.17, 15) is 4.79 Å². The molecule has 0 bridgehead atoms. The van der Waals surface area contributed by atoms with E-state index in [0.717, 1.165) is 0 Å². The summed E-state index contributed by atoms with van der Waals surface area (Å²) in [5, 5.41) is 12.3. The molecule has 7 nitrogen and oxygen atoms in total. The number of nitrogens with zero attached hydrogens (tertiary/aromatic N) is 3. The summed E-state index contributed by atoms with van der Waals surface area (Å²) in [6, 6.07) is 0. The Balaban J connectivity index is 2.36. The van der Waals surface area contributed by atoms with Crippen LogP contribution in [0, 0.1) is 0 Å². The lowest BCUT2D eigenvalue weighted by molar-refractivity contribution is 0.0585. The molecule has 1 aromatic rings. The van der Waals surface area contributed by atoms with Crippen molar-refractivity contribution in [1.29, 1.82) is 0 Å². The molecule has 0 fully saturated rings. The van der Waals surface area contributed by atoms with Crippen molar-refractivity contribution in [2.24, 2.45) is 0 Å². The normalized spacial score (nSPS) is 10.3. The van der Waals surface area contributed by atoms with Crippen LogP contribution in [0.1, 0.15) is 10.6 Å². The number of esters is 1. The Labute approximate surface area is 86.6 Å². The molecule has 0 radical (unpaired) electrons. The highest BCUT2D eigenvalue weighted by molar-refractivity contribution is 5.84. The molecule has 7 heteroatoms. The predicted octanol–water partition coefficient (Wildman–Crippen LogP) is -0.926. The predicted molar refractivity (Wildman–Crippen MR) is 49.3 cm³/mol. The number of aromatic nitrogens is 3. The van der Waals surface area contributed by atoms with Crippen LogP contribution in [0.15, 0.2) is 6.33 Å². The van der Waals surface area contributed by atoms with E-state index >= 15 is 0 Å². The minimum atomic E-state index is -0.565. The van der Waals surface area contributed by atoms with Crippen LogP contribution in [0.3, 0.4) is 0 Å². The van der Waals surface area contributed by atoms with Crippen LogP contribution in [0.4, 0.5) is 0 Å². The number of aliphatic hydroxyl groups excluding tert-OH is 1. The topological polar surface area (TPSA) is 86.5 Å². The van der Waals surface area contributed by atoms with Crippen molar-refractivity contribution in [3.8, 4) is 0 Å². The summed E-state index contributed by atoms with van der Waals surface area (Å²) in [5.41, 5.74) is 0. The van der Waals surface area contributed by atoms with E-state index in [4.69, 9.17) is 9.84 Å². The van der Waals surface area contributed by atoms with Crippen LogP contribution in [-0.4, -0.2) is 52.8 Å². The summed E-state index contributed by atoms with van der Waals surface area (Å²) < 4.78 is 11.0. The van der Waals surface area contributed by atoms with Crippen molar-refractivity contribution in [3.63, 3.8) is 0 Å². The van der Waals surface area contributed by atoms with Gasteiger partial charge in [0.25, 0.3) is 5.82 Å². The van der Waals surface area contributed by atoms with Crippen LogP contribution in [0.2, 0.25) is 0 Å². The number of methoxy groups -OCH3 is 1. The highest BCUT2D eigenvalue weighted by atomic mass is 16.5. The van der Waals surface area contributed by atoms with Crippen molar-refractivity contribution in [2.45, 2.75) is 6.54 Å². The zero-order valence-corrected chi connectivity index (χ0v) is 8.42. The van der Waals surface area contributed by atoms with Crippen LogP contribution in [-0.2, 0) is 16.0 Å². The number of aliphatic hydroxyl groups is 1. The summed E-state index contributed by atoms with van der Waals surface area (Å²) in [7, 11) is 1.27. The molecule has 0 aliphatic heterocycles. The fourth-order valence-electron chi connectivity index (χ4n) is 0.912. The average Bonchev–Trinajstić information content (AvgIpc) is 2.72. The number of carbonyl (C=O) groups excluding carboxylic acids is 1. The van der Waals surface area contributed by atoms with Crippen molar-refractivity contribution >= 4 is 5.97 Å². The molecule has 84 valence electrons. The smallest absolute Gasteiger partial charge is 0.377 e. The van der Waals surface area contributed by atoms with Crippen molar-refractivity contribution in [1.82, 2.24) is 14.8 Å². The van der Waals surface area contributed by atoms with E-state index in [1.165, 1.54) is 18.1 Å². The molecule has 0 spiro atoms. The first-order chi connectivity index (χ1) is 7.27. The number of hydrogen-bond acceptors (Lipinski definition) is 6. The first kappa shape index (κ1) is 11.6. The molecule has 0 unspecified atom stereocenters. The second-order valence-corrected chi connectivity index (χ2v) is 2.66. The Kier molecular flexibility index (Phi) is 4.72. The Bertz CT molecular complexity index is 313. The lowest BCUT2D eigenvalue weighted by Gasteiger charge is -2.00. The number of rotatable bonds is 6. The van der Waals surface area contributed by atoms with E-state index in [0.29, 0.717) is 19.8 Å². The maximum absolute atomic E-state index is 11.0. The molecule has 0 atom stereocenters. The molecule has 1 rings (SSSR count). The lowest BCUT2D eigenvalue weighted by atomic mass is 10.6. The van der Waals surface area contributed by atoms with E-state index in [1.54, 1.807) is 0 Å². The maximum Gasteiger partial charge on any atom is 0.377 e. The van der Waals surface area contributed by atoms with Gasteiger partial charge >= 0.3 is 5.97 Å². The van der Waals surface area contributed by atoms with Gasteiger partial charge in [-0.1, -0.05) is 0 Å². The van der Waals surface area contributed by atoms with Crippen molar-refractivity contribution in [2.75, 3.05) is 26.9 Å². The third kappa shape index (κ3) is 3.64. The summed E-state index contributed by atoms with van der Waals surface area (Å²) in [6.45, 7) is 1.16. The van der Waals surface area contributed by atoms with E-state index in [1.807, 2.05) is 0 Å². The third-order valence-corrected chi connectivity index (χ3v) is 1.60. The molecule has 0 aliphatic carbocycles. The Morgan fingerprint density at radius 3 is 3.07 bits per heavy atom. The van der Waals surface area contributed by atoms with Crippen LogP contribution in [0.25, 0.3) is 0 Å². The molecular formula is C8H13N3O4. The fraction of sp³-hybridized carbons (Fsp3) is 0.625. The number of carbonyl (C=O) groups is 1. The zero-order chi connectivity index (χ0) is 11.1. The van der Waals surface area contributed by atoms with Crippen LogP contribution in [0.5, 0.6) is 0 Å². The Morgan fingerprint density at radius 1 is 1.60 bits per heavy atom. The number of ether oxygens (including phenoxy) is 2. The van der Waals surface area contributed by atoms with Gasteiger partial charge in [0.1, 0.15) is 6.33 Å². The second kappa shape index (κ2) is 6.10. The SMILES string of the molecule is COC(=O)c1ncn(CCOCCO)n1. The van der Waals surface area contributed by atoms with Gasteiger partial charge in [-0.15, -0.1) is 5.10 Å². The van der Waals surface area contributed by atoms with Gasteiger partial charge in [-0.2, -0.15) is 0 Å². The molecule has 0 amide bonds. The summed E-state index contributed by atoms with van der Waals surface area (Å²) in [5.74, 6) is -0.537. The summed E-state index contributed by atoms with van der Waals surface area (Å²) >= 11 is 0. The minimum absolute atomic E-state index is 0.00916. The highest BCUT2D eigenvalue weighted by Gasteiger charge is 2.10. The van der Waals surface area contributed by atoms with Gasteiger partial charge in [0.05, 0.1) is 33.5 Å². The quantitative estimate of drug-likeness (QED) is 0.487. The first-order valence-electron chi connectivity index (χ1n) is 4.44. The lowest BCUT2D eigenvalue weighted by Crippen LogP contribution is -2.10. The van der Waals surface area contributed by atoms with Gasteiger partial charge in [0.2, 0.25) is 0 Å². The van der Waals surface area contributed by atoms with E-state index < -0.39 is 5.97 Å². The highest BCUT2D eigenvalue weighted by Crippen LogP contribution is 1.92. The van der Waals surface area contributed by atoms with Crippen molar-refractivity contribution in [3.05, 3.63) is 12.2 Å². The van der Waals surface area contributed by atoms with Gasteiger partial charge in [-0.05, 0) is 0 Å². The largest absolute Gasteiger partial charge is 0.463 e. The monoisotopic (exact) mass is 215 g/mol. The summed E-state index contributed by atoms with van der Waals surface area (Å²) in [6.07, 6.45) is 1.43. The Hall–Kier alpha value is -1.47. The van der Waals surface area contributed by atoms with Crippen molar-refractivity contribution < 1.29 is 19.4 Å². The molecule has 0 aliphatic rings. The van der Waals surface area contributed by atoms with Gasteiger partial charge < -0.3 is 14.6 Å². The molecule has 1 aromatic heterocycles. The molecule has 0 saturated heterocycles. The van der Waals surface area contributed by atoms with Crippen LogP contribution >= 0.6 is 0 Å². The van der Waals surface area contributed by atoms with E-state index in [2.05, 4.69) is 14.8 Å². The van der Waals surface area contributed by atoms with Gasteiger partial charge in [-0.3, -0.25) is 0 Å². The third-order valence-electron chi connectivity index (χ3n) is 1.60. The van der Waals surface area contributed by atoms with Crippen LogP contribution < -0.4 is 0 Å². The molecule has 1 heterocycles. The number of hydrogen-bond donors (Lipinski definition) is 1. The van der Waals surface area contributed by atoms with E-state index in [-0.39, 0.29) is 12.4 Å². The first-order valence-corrected chi connectivity index (χ1v) is 4.44. The van der Waals surface area contributed by atoms with Gasteiger partial charge in [0, 0.05) is 0 Å². The Morgan fingerprint density at radius 2 is 2.40 bits per heavy atom. The van der Waals surface area contributed by atoms with Gasteiger partial charge in [0.15, 0.2) is 0 Å².